The third kappa shape index (κ3) is 10.4. The van der Waals surface area contributed by atoms with Gasteiger partial charge in [-0.15, -0.1) is 0 Å². The fraction of sp³-hybridized carbons (Fsp3) is 0.688. The summed E-state index contributed by atoms with van der Waals surface area (Å²) in [6, 6.07) is 4.36. The molecule has 3 heteroatoms. The van der Waals surface area contributed by atoms with Crippen LogP contribution in [0, 0.1) is 6.92 Å². The molecule has 0 bridgehead atoms. The van der Waals surface area contributed by atoms with E-state index in [1.807, 2.05) is 0 Å². The summed E-state index contributed by atoms with van der Waals surface area (Å²) in [4.78, 5) is 0. The standard InChI is InChI=1S/C16H27NS.BrH/c1-16-10-13-17(14-11-16)12-8-6-4-2-3-5-7-9-15-18;/h10-11,13-14H,2-9,12,15H2,1H3;1H. The molecular formula is C16H28BrNS. The van der Waals surface area contributed by atoms with E-state index in [4.69, 9.17) is 0 Å². The van der Waals surface area contributed by atoms with Gasteiger partial charge in [-0.1, -0.05) is 32.1 Å². The molecule has 0 atom stereocenters. The minimum Gasteiger partial charge on any atom is -1.00 e. The second-order valence-corrected chi connectivity index (χ2v) is 5.61. The van der Waals surface area contributed by atoms with Crippen molar-refractivity contribution in [2.75, 3.05) is 5.75 Å². The number of halogens is 1. The van der Waals surface area contributed by atoms with Crippen LogP contribution in [0.1, 0.15) is 56.9 Å². The highest BCUT2D eigenvalue weighted by molar-refractivity contribution is 7.80. The molecule has 0 fully saturated rings. The third-order valence-corrected chi connectivity index (χ3v) is 3.70. The van der Waals surface area contributed by atoms with Gasteiger partial charge in [-0.25, -0.2) is 4.57 Å². The van der Waals surface area contributed by atoms with Gasteiger partial charge in [-0.3, -0.25) is 0 Å². The van der Waals surface area contributed by atoms with E-state index in [1.54, 1.807) is 0 Å². The number of hydrogen-bond donors (Lipinski definition) is 1. The molecule has 0 unspecified atom stereocenters. The van der Waals surface area contributed by atoms with Crippen LogP contribution in [-0.2, 0) is 6.54 Å². The summed E-state index contributed by atoms with van der Waals surface area (Å²) in [5.74, 6) is 1.05. The Kier molecular flexibility index (Phi) is 13.0. The van der Waals surface area contributed by atoms with Crippen LogP contribution in [0.3, 0.4) is 0 Å². The topological polar surface area (TPSA) is 3.88 Å². The van der Waals surface area contributed by atoms with Crippen molar-refractivity contribution in [3.63, 3.8) is 0 Å². The van der Waals surface area contributed by atoms with Crippen LogP contribution in [-0.4, -0.2) is 5.75 Å². The molecule has 1 aromatic heterocycles. The second-order valence-electron chi connectivity index (χ2n) is 5.17. The molecule has 0 aromatic carbocycles. The fourth-order valence-corrected chi connectivity index (χ4v) is 2.37. The van der Waals surface area contributed by atoms with Crippen LogP contribution >= 0.6 is 12.6 Å². The van der Waals surface area contributed by atoms with Crippen LogP contribution in [0.4, 0.5) is 0 Å². The van der Waals surface area contributed by atoms with Crippen molar-refractivity contribution in [1.82, 2.24) is 0 Å². The monoisotopic (exact) mass is 345 g/mol. The van der Waals surface area contributed by atoms with E-state index in [0.29, 0.717) is 0 Å². The number of rotatable bonds is 10. The first-order valence-electron chi connectivity index (χ1n) is 7.39. The Morgan fingerprint density at radius 1 is 0.842 bits per heavy atom. The van der Waals surface area contributed by atoms with Crippen molar-refractivity contribution in [3.8, 4) is 0 Å². The van der Waals surface area contributed by atoms with Crippen LogP contribution in [0.2, 0.25) is 0 Å². The van der Waals surface area contributed by atoms with Gasteiger partial charge in [0.15, 0.2) is 12.4 Å². The molecule has 110 valence electrons. The summed E-state index contributed by atoms with van der Waals surface area (Å²) in [6.07, 6.45) is 15.3. The number of aryl methyl sites for hydroxylation is 2. The zero-order valence-electron chi connectivity index (χ0n) is 12.2. The smallest absolute Gasteiger partial charge is 0.169 e. The van der Waals surface area contributed by atoms with E-state index in [2.05, 4.69) is 48.6 Å². The average molecular weight is 346 g/mol. The van der Waals surface area contributed by atoms with Crippen molar-refractivity contribution in [1.29, 1.82) is 0 Å². The van der Waals surface area contributed by atoms with E-state index in [0.717, 1.165) is 5.75 Å². The molecule has 0 aliphatic rings. The SMILES string of the molecule is Cc1cc[n+](CCCCCCCCCCS)cc1.[Br-]. The third-order valence-electron chi connectivity index (χ3n) is 3.38. The van der Waals surface area contributed by atoms with E-state index in [9.17, 15) is 0 Å². The van der Waals surface area contributed by atoms with Crippen LogP contribution in [0.15, 0.2) is 24.5 Å². The van der Waals surface area contributed by atoms with Gasteiger partial charge in [0.25, 0.3) is 0 Å². The molecule has 0 saturated carbocycles. The second kappa shape index (κ2) is 13.0. The molecule has 0 amide bonds. The Balaban J connectivity index is 0.00000324. The fourth-order valence-electron chi connectivity index (χ4n) is 2.15. The lowest BCUT2D eigenvalue weighted by molar-refractivity contribution is -0.697. The molecule has 0 aliphatic carbocycles. The molecule has 0 radical (unpaired) electrons. The van der Waals surface area contributed by atoms with Gasteiger partial charge in [-0.2, -0.15) is 12.6 Å². The maximum Gasteiger partial charge on any atom is 0.169 e. The van der Waals surface area contributed by atoms with E-state index in [1.165, 1.54) is 63.5 Å². The molecule has 1 rings (SSSR count). The molecule has 1 nitrogen and oxygen atoms in total. The Hall–Kier alpha value is -0.0200. The average Bonchev–Trinajstić information content (AvgIpc) is 2.39. The summed E-state index contributed by atoms with van der Waals surface area (Å²) in [5, 5.41) is 0. The number of pyridine rings is 1. The first kappa shape index (κ1) is 19.0. The molecule has 0 N–H and O–H groups in total. The summed E-state index contributed by atoms with van der Waals surface area (Å²) < 4.78 is 2.29. The van der Waals surface area contributed by atoms with Gasteiger partial charge in [0.2, 0.25) is 0 Å². The number of nitrogens with zero attached hydrogens (tertiary/aromatic N) is 1. The molecule has 0 saturated heterocycles. The van der Waals surface area contributed by atoms with Gasteiger partial charge in [0.05, 0.1) is 0 Å². The number of hydrogen-bond acceptors (Lipinski definition) is 1. The molecule has 1 aromatic rings. The molecule has 19 heavy (non-hydrogen) atoms. The van der Waals surface area contributed by atoms with Gasteiger partial charge in [0, 0.05) is 18.6 Å². The normalized spacial score (nSPS) is 10.2. The summed E-state index contributed by atoms with van der Waals surface area (Å²) >= 11 is 4.23. The Morgan fingerprint density at radius 2 is 1.32 bits per heavy atom. The first-order chi connectivity index (χ1) is 8.83. The zero-order valence-corrected chi connectivity index (χ0v) is 14.6. The quantitative estimate of drug-likeness (QED) is 0.370. The summed E-state index contributed by atoms with van der Waals surface area (Å²) in [5.41, 5.74) is 1.34. The highest BCUT2D eigenvalue weighted by Crippen LogP contribution is 2.08. The van der Waals surface area contributed by atoms with E-state index < -0.39 is 0 Å². The molecule has 0 spiro atoms. The summed E-state index contributed by atoms with van der Waals surface area (Å²) in [7, 11) is 0. The summed E-state index contributed by atoms with van der Waals surface area (Å²) in [6.45, 7) is 3.30. The van der Waals surface area contributed by atoms with E-state index in [-0.39, 0.29) is 17.0 Å². The Bertz CT molecular complexity index is 300. The first-order valence-corrected chi connectivity index (χ1v) is 8.03. The lowest BCUT2D eigenvalue weighted by atomic mass is 10.1. The Morgan fingerprint density at radius 3 is 1.84 bits per heavy atom. The van der Waals surface area contributed by atoms with Crippen molar-refractivity contribution in [3.05, 3.63) is 30.1 Å². The van der Waals surface area contributed by atoms with Gasteiger partial charge in [-0.05, 0) is 31.1 Å². The van der Waals surface area contributed by atoms with Gasteiger partial charge < -0.3 is 17.0 Å². The number of thiol groups is 1. The van der Waals surface area contributed by atoms with Crippen LogP contribution in [0.5, 0.6) is 0 Å². The number of aromatic nitrogens is 1. The minimum atomic E-state index is 0. The van der Waals surface area contributed by atoms with E-state index >= 15 is 0 Å². The predicted molar refractivity (Wildman–Crippen MR) is 82.2 cm³/mol. The minimum absolute atomic E-state index is 0. The Labute approximate surface area is 135 Å². The maximum absolute atomic E-state index is 4.23. The maximum atomic E-state index is 4.23. The van der Waals surface area contributed by atoms with Crippen molar-refractivity contribution in [2.24, 2.45) is 0 Å². The van der Waals surface area contributed by atoms with Crippen LogP contribution < -0.4 is 21.5 Å². The molecular weight excluding hydrogens is 318 g/mol. The predicted octanol–water partition coefficient (Wildman–Crippen LogP) is 1.34. The van der Waals surface area contributed by atoms with Crippen molar-refractivity contribution >= 4 is 12.6 Å². The van der Waals surface area contributed by atoms with Gasteiger partial charge >= 0.3 is 0 Å². The van der Waals surface area contributed by atoms with Crippen molar-refractivity contribution in [2.45, 2.75) is 64.8 Å². The zero-order chi connectivity index (χ0) is 13.1. The highest BCUT2D eigenvalue weighted by Gasteiger charge is 1.99. The molecule has 0 aliphatic heterocycles. The highest BCUT2D eigenvalue weighted by atomic mass is 79.9. The lowest BCUT2D eigenvalue weighted by Gasteiger charge is -2.01. The lowest BCUT2D eigenvalue weighted by Crippen LogP contribution is -3.00. The largest absolute Gasteiger partial charge is 1.00 e. The van der Waals surface area contributed by atoms with Crippen LogP contribution in [0.25, 0.3) is 0 Å². The number of unbranched alkanes of at least 4 members (excludes halogenated alkanes) is 7. The molecule has 1 heterocycles. The van der Waals surface area contributed by atoms with Crippen molar-refractivity contribution < 1.29 is 21.5 Å². The van der Waals surface area contributed by atoms with Gasteiger partial charge in [0.1, 0.15) is 6.54 Å².